The number of fused-ring (bicyclic) bond motifs is 1. The van der Waals surface area contributed by atoms with Gasteiger partial charge in [0.25, 0.3) is 5.89 Å². The van der Waals surface area contributed by atoms with Crippen molar-refractivity contribution in [3.05, 3.63) is 42.4 Å². The minimum Gasteiger partial charge on any atom is -0.334 e. The highest BCUT2D eigenvalue weighted by Crippen LogP contribution is 2.31. The van der Waals surface area contributed by atoms with Crippen molar-refractivity contribution in [3.63, 3.8) is 0 Å². The molecule has 108 valence electrons. The average Bonchev–Trinajstić information content (AvgIpc) is 2.94. The summed E-state index contributed by atoms with van der Waals surface area (Å²) in [5.74, 6) is 1.00. The first-order valence-corrected chi connectivity index (χ1v) is 6.90. The molecule has 5 nitrogen and oxygen atoms in total. The molecule has 21 heavy (non-hydrogen) atoms. The van der Waals surface area contributed by atoms with Gasteiger partial charge in [0.15, 0.2) is 5.82 Å². The van der Waals surface area contributed by atoms with Gasteiger partial charge in [0.1, 0.15) is 0 Å². The van der Waals surface area contributed by atoms with Gasteiger partial charge < -0.3 is 10.3 Å². The van der Waals surface area contributed by atoms with Gasteiger partial charge in [0, 0.05) is 17.1 Å². The summed E-state index contributed by atoms with van der Waals surface area (Å²) in [6.07, 6.45) is 1.76. The van der Waals surface area contributed by atoms with Crippen molar-refractivity contribution >= 4 is 10.9 Å². The first-order valence-electron chi connectivity index (χ1n) is 6.90. The summed E-state index contributed by atoms with van der Waals surface area (Å²) in [4.78, 5) is 8.80. The van der Waals surface area contributed by atoms with Crippen molar-refractivity contribution in [2.45, 2.75) is 26.8 Å². The molecule has 1 atom stereocenters. The van der Waals surface area contributed by atoms with Gasteiger partial charge >= 0.3 is 0 Å². The van der Waals surface area contributed by atoms with Crippen molar-refractivity contribution in [1.82, 2.24) is 15.1 Å². The summed E-state index contributed by atoms with van der Waals surface area (Å²) in [6, 6.07) is 9.44. The number of benzene rings is 1. The van der Waals surface area contributed by atoms with Crippen molar-refractivity contribution in [2.24, 2.45) is 11.1 Å². The molecule has 3 aromatic rings. The lowest BCUT2D eigenvalue weighted by Gasteiger charge is -2.23. The van der Waals surface area contributed by atoms with Crippen LogP contribution in [-0.4, -0.2) is 15.1 Å². The van der Waals surface area contributed by atoms with Gasteiger partial charge in [-0.2, -0.15) is 4.98 Å². The fourth-order valence-corrected chi connectivity index (χ4v) is 2.15. The van der Waals surface area contributed by atoms with E-state index in [9.17, 15) is 0 Å². The second-order valence-electron chi connectivity index (χ2n) is 6.18. The Labute approximate surface area is 123 Å². The predicted molar refractivity (Wildman–Crippen MR) is 81.4 cm³/mol. The number of rotatable bonds is 2. The summed E-state index contributed by atoms with van der Waals surface area (Å²) in [5, 5.41) is 5.02. The lowest BCUT2D eigenvalue weighted by molar-refractivity contribution is 0.303. The Morgan fingerprint density at radius 3 is 2.71 bits per heavy atom. The largest absolute Gasteiger partial charge is 0.334 e. The molecular formula is C16H18N4O. The summed E-state index contributed by atoms with van der Waals surface area (Å²) in [7, 11) is 0. The summed E-state index contributed by atoms with van der Waals surface area (Å²) in [5.41, 5.74) is 7.83. The average molecular weight is 282 g/mol. The second-order valence-corrected chi connectivity index (χ2v) is 6.18. The van der Waals surface area contributed by atoms with Crippen LogP contribution in [-0.2, 0) is 0 Å². The Bertz CT molecular complexity index is 768. The molecule has 0 fully saturated rings. The first-order chi connectivity index (χ1) is 9.97. The fraction of sp³-hybridized carbons (Fsp3) is 0.312. The van der Waals surface area contributed by atoms with E-state index in [1.165, 1.54) is 0 Å². The first kappa shape index (κ1) is 13.7. The zero-order valence-corrected chi connectivity index (χ0v) is 12.4. The van der Waals surface area contributed by atoms with Crippen LogP contribution in [0.4, 0.5) is 0 Å². The van der Waals surface area contributed by atoms with E-state index in [1.807, 2.05) is 30.3 Å². The third kappa shape index (κ3) is 2.52. The summed E-state index contributed by atoms with van der Waals surface area (Å²) >= 11 is 0. The van der Waals surface area contributed by atoms with Crippen LogP contribution in [0.2, 0.25) is 0 Å². The Morgan fingerprint density at radius 1 is 1.14 bits per heavy atom. The molecule has 3 rings (SSSR count). The molecule has 2 N–H and O–H groups in total. The number of aromatic nitrogens is 3. The van der Waals surface area contributed by atoms with Gasteiger partial charge in [0.2, 0.25) is 0 Å². The fourth-order valence-electron chi connectivity index (χ4n) is 2.15. The smallest absolute Gasteiger partial charge is 0.258 e. The molecule has 0 bridgehead atoms. The Balaban J connectivity index is 2.07. The lowest BCUT2D eigenvalue weighted by atomic mass is 9.87. The van der Waals surface area contributed by atoms with E-state index in [2.05, 4.69) is 35.9 Å². The Kier molecular flexibility index (Phi) is 3.22. The van der Waals surface area contributed by atoms with Crippen molar-refractivity contribution in [3.8, 4) is 11.5 Å². The van der Waals surface area contributed by atoms with Gasteiger partial charge in [0.05, 0.1) is 11.6 Å². The van der Waals surface area contributed by atoms with Crippen LogP contribution in [0, 0.1) is 5.41 Å². The maximum atomic E-state index is 6.18. The number of nitrogens with zero attached hydrogens (tertiary/aromatic N) is 3. The quantitative estimate of drug-likeness (QED) is 0.780. The third-order valence-electron chi connectivity index (χ3n) is 3.53. The van der Waals surface area contributed by atoms with E-state index in [0.29, 0.717) is 11.7 Å². The number of nitrogens with two attached hydrogens (primary N) is 1. The molecule has 1 unspecified atom stereocenters. The van der Waals surface area contributed by atoms with Gasteiger partial charge in [-0.15, -0.1) is 0 Å². The number of hydrogen-bond acceptors (Lipinski definition) is 5. The van der Waals surface area contributed by atoms with Crippen LogP contribution >= 0.6 is 0 Å². The highest BCUT2D eigenvalue weighted by Gasteiger charge is 2.27. The normalized spacial score (nSPS) is 13.5. The van der Waals surface area contributed by atoms with Crippen LogP contribution in [0.15, 0.2) is 41.1 Å². The molecule has 2 aromatic heterocycles. The standard InChI is InChI=1S/C16H18N4O/c1-16(2,3)13(17)14-19-15(21-20-14)11-6-4-8-12-10(11)7-5-9-18-12/h4-9,13H,17H2,1-3H3. The molecule has 0 aliphatic rings. The molecular weight excluding hydrogens is 264 g/mol. The zero-order valence-electron chi connectivity index (χ0n) is 12.4. The Hall–Kier alpha value is -2.27. The number of pyridine rings is 1. The molecule has 0 aliphatic carbocycles. The molecule has 2 heterocycles. The molecule has 0 radical (unpaired) electrons. The predicted octanol–water partition coefficient (Wildman–Crippen LogP) is 3.33. The molecule has 1 aromatic carbocycles. The molecule has 0 amide bonds. The molecule has 5 heteroatoms. The van der Waals surface area contributed by atoms with Crippen molar-refractivity contribution < 1.29 is 4.52 Å². The maximum Gasteiger partial charge on any atom is 0.258 e. The SMILES string of the molecule is CC(C)(C)C(N)c1noc(-c2cccc3ncccc23)n1. The number of hydrogen-bond donors (Lipinski definition) is 1. The van der Waals surface area contributed by atoms with Gasteiger partial charge in [-0.3, -0.25) is 4.98 Å². The molecule has 0 saturated heterocycles. The minimum absolute atomic E-state index is 0.124. The van der Waals surface area contributed by atoms with E-state index < -0.39 is 0 Å². The van der Waals surface area contributed by atoms with E-state index >= 15 is 0 Å². The van der Waals surface area contributed by atoms with Crippen LogP contribution < -0.4 is 5.73 Å². The highest BCUT2D eigenvalue weighted by atomic mass is 16.5. The minimum atomic E-state index is -0.275. The maximum absolute atomic E-state index is 6.18. The molecule has 0 spiro atoms. The zero-order chi connectivity index (χ0) is 15.0. The molecule has 0 aliphatic heterocycles. The van der Waals surface area contributed by atoms with Crippen molar-refractivity contribution in [1.29, 1.82) is 0 Å². The third-order valence-corrected chi connectivity index (χ3v) is 3.53. The van der Waals surface area contributed by atoms with E-state index in [-0.39, 0.29) is 11.5 Å². The van der Waals surface area contributed by atoms with Crippen LogP contribution in [0.3, 0.4) is 0 Å². The van der Waals surface area contributed by atoms with E-state index in [0.717, 1.165) is 16.5 Å². The molecule has 0 saturated carbocycles. The topological polar surface area (TPSA) is 77.8 Å². The summed E-state index contributed by atoms with van der Waals surface area (Å²) in [6.45, 7) is 6.15. The van der Waals surface area contributed by atoms with E-state index in [1.54, 1.807) is 6.20 Å². The Morgan fingerprint density at radius 2 is 1.95 bits per heavy atom. The van der Waals surface area contributed by atoms with Crippen LogP contribution in [0.25, 0.3) is 22.4 Å². The van der Waals surface area contributed by atoms with Crippen LogP contribution in [0.1, 0.15) is 32.6 Å². The van der Waals surface area contributed by atoms with Crippen molar-refractivity contribution in [2.75, 3.05) is 0 Å². The highest BCUT2D eigenvalue weighted by molar-refractivity contribution is 5.92. The summed E-state index contributed by atoms with van der Waals surface area (Å²) < 4.78 is 5.41. The van der Waals surface area contributed by atoms with Gasteiger partial charge in [-0.25, -0.2) is 0 Å². The lowest BCUT2D eigenvalue weighted by Crippen LogP contribution is -2.27. The van der Waals surface area contributed by atoms with Crippen LogP contribution in [0.5, 0.6) is 0 Å². The van der Waals surface area contributed by atoms with Gasteiger partial charge in [-0.1, -0.05) is 38.1 Å². The second kappa shape index (κ2) is 4.93. The van der Waals surface area contributed by atoms with Gasteiger partial charge in [-0.05, 0) is 23.6 Å². The monoisotopic (exact) mass is 282 g/mol. The van der Waals surface area contributed by atoms with E-state index in [4.69, 9.17) is 10.3 Å².